The number of carbonyl (C=O) groups excluding carboxylic acids is 2. The van der Waals surface area contributed by atoms with E-state index in [1.54, 1.807) is 20.8 Å². The van der Waals surface area contributed by atoms with Crippen molar-refractivity contribution in [3.63, 3.8) is 0 Å². The van der Waals surface area contributed by atoms with E-state index in [4.69, 9.17) is 4.74 Å². The number of ether oxygens (including phenoxy) is 1. The predicted octanol–water partition coefficient (Wildman–Crippen LogP) is 2.06. The number of aldehydes is 1. The first-order chi connectivity index (χ1) is 7.40. The second-order valence-corrected chi connectivity index (χ2v) is 3.68. The van der Waals surface area contributed by atoms with Gasteiger partial charge in [0.15, 0.2) is 6.29 Å². The topological polar surface area (TPSA) is 63.6 Å². The average molecular weight is 222 g/mol. The van der Waals surface area contributed by atoms with Gasteiger partial charge in [-0.1, -0.05) is 0 Å². The molecule has 0 atom stereocenters. The maximum absolute atomic E-state index is 10.9. The molecule has 0 aliphatic rings. The van der Waals surface area contributed by atoms with Gasteiger partial charge in [-0.2, -0.15) is 0 Å². The first-order valence-corrected chi connectivity index (χ1v) is 4.86. The van der Waals surface area contributed by atoms with Crippen molar-refractivity contribution < 1.29 is 19.4 Å². The zero-order valence-corrected chi connectivity index (χ0v) is 9.75. The number of phenols is 1. The number of esters is 1. The van der Waals surface area contributed by atoms with Crippen LogP contribution in [-0.4, -0.2) is 17.4 Å². The van der Waals surface area contributed by atoms with E-state index in [1.165, 1.54) is 6.92 Å². The zero-order valence-electron chi connectivity index (χ0n) is 9.75. The summed E-state index contributed by atoms with van der Waals surface area (Å²) in [4.78, 5) is 21.8. The van der Waals surface area contributed by atoms with E-state index >= 15 is 0 Å². The molecule has 1 aromatic carbocycles. The number of rotatable bonds is 2. The van der Waals surface area contributed by atoms with E-state index in [1.807, 2.05) is 0 Å². The number of hydrogen-bond donors (Lipinski definition) is 1. The average Bonchev–Trinajstić information content (AvgIpc) is 2.22. The number of carbonyl (C=O) groups is 2. The Hall–Kier alpha value is -1.84. The Morgan fingerprint density at radius 3 is 2.19 bits per heavy atom. The molecule has 1 N–H and O–H groups in total. The maximum atomic E-state index is 10.9. The number of aromatic hydroxyl groups is 1. The van der Waals surface area contributed by atoms with Crippen molar-refractivity contribution in [1.82, 2.24) is 0 Å². The highest BCUT2D eigenvalue weighted by Gasteiger charge is 2.18. The van der Waals surface area contributed by atoms with Crippen LogP contribution in [0, 0.1) is 20.8 Å². The van der Waals surface area contributed by atoms with Gasteiger partial charge in [-0.05, 0) is 31.9 Å². The first-order valence-electron chi connectivity index (χ1n) is 4.86. The zero-order chi connectivity index (χ0) is 12.5. The molecular formula is C12H14O4. The highest BCUT2D eigenvalue weighted by molar-refractivity contribution is 5.85. The van der Waals surface area contributed by atoms with E-state index in [0.29, 0.717) is 28.7 Å². The van der Waals surface area contributed by atoms with Crippen LogP contribution in [0.15, 0.2) is 0 Å². The normalized spacial score (nSPS) is 10.0. The second kappa shape index (κ2) is 4.35. The Morgan fingerprint density at radius 2 is 1.75 bits per heavy atom. The van der Waals surface area contributed by atoms with Crippen molar-refractivity contribution in [2.24, 2.45) is 0 Å². The van der Waals surface area contributed by atoms with Gasteiger partial charge in [-0.15, -0.1) is 0 Å². The monoisotopic (exact) mass is 222 g/mol. The molecule has 0 unspecified atom stereocenters. The quantitative estimate of drug-likeness (QED) is 0.472. The number of phenolic OH excluding ortho intramolecular Hbond substituents is 1. The van der Waals surface area contributed by atoms with Crippen LogP contribution in [0.1, 0.15) is 34.0 Å². The Balaban J connectivity index is 3.54. The summed E-state index contributed by atoms with van der Waals surface area (Å²) in [7, 11) is 0. The summed E-state index contributed by atoms with van der Waals surface area (Å²) in [6.45, 7) is 6.33. The molecule has 0 amide bonds. The summed E-state index contributed by atoms with van der Waals surface area (Å²) in [6.07, 6.45) is 0.560. The molecule has 0 spiro atoms. The van der Waals surface area contributed by atoms with Crippen molar-refractivity contribution in [1.29, 1.82) is 0 Å². The van der Waals surface area contributed by atoms with Gasteiger partial charge in [-0.25, -0.2) is 0 Å². The lowest BCUT2D eigenvalue weighted by Gasteiger charge is -2.15. The summed E-state index contributed by atoms with van der Waals surface area (Å²) in [5.41, 5.74) is 1.85. The van der Waals surface area contributed by atoms with Crippen LogP contribution in [0.3, 0.4) is 0 Å². The van der Waals surface area contributed by atoms with Gasteiger partial charge in [0.05, 0.1) is 5.56 Å². The first kappa shape index (κ1) is 12.2. The minimum absolute atomic E-state index is 0.0547. The summed E-state index contributed by atoms with van der Waals surface area (Å²) >= 11 is 0. The maximum Gasteiger partial charge on any atom is 0.308 e. The fourth-order valence-corrected chi connectivity index (χ4v) is 1.57. The highest BCUT2D eigenvalue weighted by Crippen LogP contribution is 2.36. The molecular weight excluding hydrogens is 208 g/mol. The molecule has 16 heavy (non-hydrogen) atoms. The molecule has 4 nitrogen and oxygen atoms in total. The van der Waals surface area contributed by atoms with E-state index < -0.39 is 5.97 Å². The van der Waals surface area contributed by atoms with Crippen molar-refractivity contribution in [2.75, 3.05) is 0 Å². The summed E-state index contributed by atoms with van der Waals surface area (Å²) in [6, 6.07) is 0. The van der Waals surface area contributed by atoms with E-state index in [0.717, 1.165) is 0 Å². The second-order valence-electron chi connectivity index (χ2n) is 3.68. The summed E-state index contributed by atoms with van der Waals surface area (Å²) < 4.78 is 5.05. The molecule has 4 heteroatoms. The lowest BCUT2D eigenvalue weighted by molar-refractivity contribution is -0.131. The van der Waals surface area contributed by atoms with Gasteiger partial charge in [0.2, 0.25) is 0 Å². The van der Waals surface area contributed by atoms with Crippen LogP contribution in [0.25, 0.3) is 0 Å². The van der Waals surface area contributed by atoms with Gasteiger partial charge in [0, 0.05) is 12.5 Å². The van der Waals surface area contributed by atoms with E-state index in [9.17, 15) is 14.7 Å². The Morgan fingerprint density at radius 1 is 1.19 bits per heavy atom. The molecule has 0 saturated carbocycles. The molecule has 0 aliphatic heterocycles. The van der Waals surface area contributed by atoms with Crippen LogP contribution in [0.4, 0.5) is 0 Å². The predicted molar refractivity (Wildman–Crippen MR) is 59.0 cm³/mol. The fourth-order valence-electron chi connectivity index (χ4n) is 1.57. The van der Waals surface area contributed by atoms with Gasteiger partial charge in [0.1, 0.15) is 11.5 Å². The van der Waals surface area contributed by atoms with Gasteiger partial charge >= 0.3 is 5.97 Å². The SMILES string of the molecule is CC(=O)Oc1c(C)c(C)c(O)c(C=O)c1C. The molecule has 0 aromatic heterocycles. The van der Waals surface area contributed by atoms with Crippen LogP contribution < -0.4 is 4.74 Å². The van der Waals surface area contributed by atoms with Crippen molar-refractivity contribution >= 4 is 12.3 Å². The molecule has 0 saturated heterocycles. The lowest BCUT2D eigenvalue weighted by atomic mass is 9.98. The molecule has 0 radical (unpaired) electrons. The number of hydrogen-bond acceptors (Lipinski definition) is 4. The lowest BCUT2D eigenvalue weighted by Crippen LogP contribution is -2.07. The molecule has 0 aliphatic carbocycles. The van der Waals surface area contributed by atoms with Crippen molar-refractivity contribution in [3.05, 3.63) is 22.3 Å². The highest BCUT2D eigenvalue weighted by atomic mass is 16.5. The fraction of sp³-hybridized carbons (Fsp3) is 0.333. The minimum atomic E-state index is -0.451. The Labute approximate surface area is 93.9 Å². The molecule has 86 valence electrons. The molecule has 1 rings (SSSR count). The number of benzene rings is 1. The van der Waals surface area contributed by atoms with Gasteiger partial charge in [-0.3, -0.25) is 9.59 Å². The molecule has 1 aromatic rings. The largest absolute Gasteiger partial charge is 0.507 e. The third-order valence-electron chi connectivity index (χ3n) is 2.62. The molecule has 0 bridgehead atoms. The van der Waals surface area contributed by atoms with Crippen LogP contribution in [0.5, 0.6) is 11.5 Å². The minimum Gasteiger partial charge on any atom is -0.507 e. The van der Waals surface area contributed by atoms with Gasteiger partial charge in [0.25, 0.3) is 0 Å². The summed E-state index contributed by atoms with van der Waals surface area (Å²) in [5.74, 6) is -0.154. The van der Waals surface area contributed by atoms with Crippen molar-refractivity contribution in [2.45, 2.75) is 27.7 Å². The van der Waals surface area contributed by atoms with Crippen LogP contribution >= 0.6 is 0 Å². The third-order valence-corrected chi connectivity index (χ3v) is 2.62. The van der Waals surface area contributed by atoms with E-state index in [-0.39, 0.29) is 11.3 Å². The Bertz CT molecular complexity index is 461. The van der Waals surface area contributed by atoms with Crippen LogP contribution in [-0.2, 0) is 4.79 Å². The Kier molecular flexibility index (Phi) is 3.32. The van der Waals surface area contributed by atoms with Crippen molar-refractivity contribution in [3.8, 4) is 11.5 Å². The molecule has 0 fully saturated rings. The van der Waals surface area contributed by atoms with Gasteiger partial charge < -0.3 is 9.84 Å². The summed E-state index contributed by atoms with van der Waals surface area (Å²) in [5, 5.41) is 9.75. The van der Waals surface area contributed by atoms with E-state index in [2.05, 4.69) is 0 Å². The standard InChI is InChI=1S/C12H14O4/c1-6-7(2)12(16-9(4)14)8(3)10(5-13)11(6)15/h5,15H,1-4H3. The smallest absolute Gasteiger partial charge is 0.308 e. The van der Waals surface area contributed by atoms with Crippen LogP contribution in [0.2, 0.25) is 0 Å². The molecule has 0 heterocycles. The third kappa shape index (κ3) is 1.91.